The van der Waals surface area contributed by atoms with Crippen LogP contribution >= 0.6 is 0 Å². The van der Waals surface area contributed by atoms with E-state index in [1.54, 1.807) is 25.7 Å². The van der Waals surface area contributed by atoms with Crippen molar-refractivity contribution in [3.8, 4) is 0 Å². The maximum absolute atomic E-state index is 13.9. The predicted octanol–water partition coefficient (Wildman–Crippen LogP) is 3.49. The maximum Gasteiger partial charge on any atom is 0.410 e. The summed E-state index contributed by atoms with van der Waals surface area (Å²) in [5, 5.41) is 0. The van der Waals surface area contributed by atoms with E-state index >= 15 is 0 Å². The molecule has 3 rings (SSSR count). The largest absolute Gasteiger partial charge is 0.444 e. The summed E-state index contributed by atoms with van der Waals surface area (Å²) >= 11 is 0. The number of rotatable bonds is 3. The summed E-state index contributed by atoms with van der Waals surface area (Å²) < 4.78 is 38.3. The van der Waals surface area contributed by atoms with E-state index < -0.39 is 23.3 Å². The van der Waals surface area contributed by atoms with Crippen LogP contribution < -0.4 is 0 Å². The van der Waals surface area contributed by atoms with E-state index in [0.717, 1.165) is 6.07 Å². The number of fused-ring (bicyclic) bond motifs is 2. The Morgan fingerprint density at radius 1 is 1.19 bits per heavy atom. The van der Waals surface area contributed by atoms with Crippen molar-refractivity contribution < 1.29 is 27.8 Å². The smallest absolute Gasteiger partial charge is 0.410 e. The zero-order valence-corrected chi connectivity index (χ0v) is 15.8. The Morgan fingerprint density at radius 3 is 2.41 bits per heavy atom. The van der Waals surface area contributed by atoms with Gasteiger partial charge in [0, 0.05) is 12.3 Å². The topological polar surface area (TPSA) is 55.8 Å². The number of nitrogens with zero attached hydrogens (tertiary/aromatic N) is 1. The molecule has 1 aromatic rings. The normalized spacial score (nSPS) is 25.2. The molecule has 1 amide bonds. The minimum atomic E-state index is -0.972. The van der Waals surface area contributed by atoms with Gasteiger partial charge in [-0.25, -0.2) is 13.6 Å². The number of piperidine rings is 1. The second-order valence-electron chi connectivity index (χ2n) is 8.26. The summed E-state index contributed by atoms with van der Waals surface area (Å²) in [6, 6.07) is 3.35. The standard InChI is InChI=1S/C20H25F2NO4/c1-20(2,3)27-19(25)23-14-7-13(8-15(23)11-26-10-14)17(24)9-12-5-4-6-16(21)18(12)22/h4-6,13-15H,7-11H2,1-3H3. The molecule has 148 valence electrons. The van der Waals surface area contributed by atoms with Crippen LogP contribution in [0, 0.1) is 17.6 Å². The molecule has 27 heavy (non-hydrogen) atoms. The lowest BCUT2D eigenvalue weighted by atomic mass is 9.81. The van der Waals surface area contributed by atoms with Gasteiger partial charge in [-0.3, -0.25) is 9.69 Å². The Morgan fingerprint density at radius 2 is 1.81 bits per heavy atom. The number of carbonyl (C=O) groups excluding carboxylic acids is 2. The number of benzene rings is 1. The molecule has 2 saturated heterocycles. The predicted molar refractivity (Wildman–Crippen MR) is 94.3 cm³/mol. The highest BCUT2D eigenvalue weighted by molar-refractivity contribution is 5.84. The van der Waals surface area contributed by atoms with E-state index in [-0.39, 0.29) is 35.8 Å². The van der Waals surface area contributed by atoms with Crippen LogP contribution in [0.25, 0.3) is 0 Å². The van der Waals surface area contributed by atoms with Crippen molar-refractivity contribution in [2.75, 3.05) is 13.2 Å². The molecule has 0 radical (unpaired) electrons. The molecule has 2 heterocycles. The number of amides is 1. The van der Waals surface area contributed by atoms with Gasteiger partial charge < -0.3 is 9.47 Å². The summed E-state index contributed by atoms with van der Waals surface area (Å²) in [5.74, 6) is -2.38. The molecule has 2 fully saturated rings. The van der Waals surface area contributed by atoms with Gasteiger partial charge in [0.1, 0.15) is 11.4 Å². The van der Waals surface area contributed by atoms with Gasteiger partial charge in [0.2, 0.25) is 0 Å². The average Bonchev–Trinajstić information content (AvgIpc) is 2.56. The highest BCUT2D eigenvalue weighted by atomic mass is 19.2. The van der Waals surface area contributed by atoms with Gasteiger partial charge in [0.25, 0.3) is 0 Å². The molecule has 7 heteroatoms. The number of morpholine rings is 1. The van der Waals surface area contributed by atoms with Crippen molar-refractivity contribution >= 4 is 11.9 Å². The first kappa shape index (κ1) is 19.7. The van der Waals surface area contributed by atoms with Gasteiger partial charge in [-0.15, -0.1) is 0 Å². The SMILES string of the molecule is CC(C)(C)OC(=O)N1C2COCC1CC(C(=O)Cc1cccc(F)c1F)C2. The monoisotopic (exact) mass is 381 g/mol. The van der Waals surface area contributed by atoms with Crippen molar-refractivity contribution in [2.45, 2.75) is 57.7 Å². The third kappa shape index (κ3) is 4.46. The molecule has 0 spiro atoms. The Hall–Kier alpha value is -2.02. The van der Waals surface area contributed by atoms with Crippen molar-refractivity contribution in [2.24, 2.45) is 5.92 Å². The molecule has 2 bridgehead atoms. The molecule has 2 aliphatic heterocycles. The van der Waals surface area contributed by atoms with Gasteiger partial charge >= 0.3 is 6.09 Å². The fourth-order valence-electron chi connectivity index (χ4n) is 3.81. The van der Waals surface area contributed by atoms with Crippen LogP contribution in [0.3, 0.4) is 0 Å². The van der Waals surface area contributed by atoms with Crippen LogP contribution in [-0.2, 0) is 20.7 Å². The summed E-state index contributed by atoms with van der Waals surface area (Å²) in [6.07, 6.45) is 0.320. The first-order chi connectivity index (χ1) is 12.7. The van der Waals surface area contributed by atoms with Crippen LogP contribution in [0.5, 0.6) is 0 Å². The summed E-state index contributed by atoms with van der Waals surface area (Å²) in [6.45, 7) is 6.10. The van der Waals surface area contributed by atoms with Crippen LogP contribution in [0.2, 0.25) is 0 Å². The Labute approximate surface area is 157 Å². The summed E-state index contributed by atoms with van der Waals surface area (Å²) in [4.78, 5) is 26.9. The van der Waals surface area contributed by atoms with E-state index in [4.69, 9.17) is 9.47 Å². The van der Waals surface area contributed by atoms with Gasteiger partial charge in [0.05, 0.1) is 25.3 Å². The third-order valence-electron chi connectivity index (χ3n) is 4.98. The van der Waals surface area contributed by atoms with Crippen molar-refractivity contribution in [1.82, 2.24) is 4.90 Å². The number of ether oxygens (including phenoxy) is 2. The summed E-state index contributed by atoms with van der Waals surface area (Å²) in [5.41, 5.74) is -0.538. The molecule has 0 aromatic heterocycles. The van der Waals surface area contributed by atoms with Gasteiger partial charge in [0.15, 0.2) is 11.6 Å². The van der Waals surface area contributed by atoms with E-state index in [9.17, 15) is 18.4 Å². The lowest BCUT2D eigenvalue weighted by molar-refractivity contribution is -0.131. The van der Waals surface area contributed by atoms with Gasteiger partial charge in [-0.05, 0) is 45.2 Å². The first-order valence-electron chi connectivity index (χ1n) is 9.20. The number of hydrogen-bond donors (Lipinski definition) is 0. The number of hydrogen-bond acceptors (Lipinski definition) is 4. The maximum atomic E-state index is 13.9. The number of Topliss-reactive ketones (excluding diaryl/α,β-unsaturated/α-hetero) is 1. The molecule has 0 saturated carbocycles. The van der Waals surface area contributed by atoms with Crippen LogP contribution in [-0.4, -0.2) is 47.7 Å². The Balaban J connectivity index is 1.69. The van der Waals surface area contributed by atoms with Gasteiger partial charge in [-0.1, -0.05) is 12.1 Å². The zero-order chi connectivity index (χ0) is 19.8. The molecular formula is C20H25F2NO4. The average molecular weight is 381 g/mol. The van der Waals surface area contributed by atoms with Crippen LogP contribution in [0.4, 0.5) is 13.6 Å². The lowest BCUT2D eigenvalue weighted by Crippen LogP contribution is -2.60. The molecule has 5 nitrogen and oxygen atoms in total. The van der Waals surface area contributed by atoms with Gasteiger partial charge in [-0.2, -0.15) is 0 Å². The van der Waals surface area contributed by atoms with Crippen LogP contribution in [0.15, 0.2) is 18.2 Å². The van der Waals surface area contributed by atoms with E-state index in [1.165, 1.54) is 12.1 Å². The number of ketones is 1. The zero-order valence-electron chi connectivity index (χ0n) is 15.8. The Bertz CT molecular complexity index is 717. The van der Waals surface area contributed by atoms with Crippen molar-refractivity contribution in [1.29, 1.82) is 0 Å². The molecule has 2 atom stereocenters. The minimum absolute atomic E-state index is 0.0657. The number of halogens is 2. The highest BCUT2D eigenvalue weighted by Crippen LogP contribution is 2.34. The summed E-state index contributed by atoms with van der Waals surface area (Å²) in [7, 11) is 0. The fourth-order valence-corrected chi connectivity index (χ4v) is 3.81. The van der Waals surface area contributed by atoms with Crippen LogP contribution in [0.1, 0.15) is 39.2 Å². The molecular weight excluding hydrogens is 356 g/mol. The minimum Gasteiger partial charge on any atom is -0.444 e. The molecule has 1 aromatic carbocycles. The quantitative estimate of drug-likeness (QED) is 0.804. The van der Waals surface area contributed by atoms with E-state index in [2.05, 4.69) is 0 Å². The van der Waals surface area contributed by atoms with Crippen molar-refractivity contribution in [3.05, 3.63) is 35.4 Å². The molecule has 2 unspecified atom stereocenters. The fraction of sp³-hybridized carbons (Fsp3) is 0.600. The number of carbonyl (C=O) groups is 2. The molecule has 0 aliphatic carbocycles. The van der Waals surface area contributed by atoms with Crippen molar-refractivity contribution in [3.63, 3.8) is 0 Å². The molecule has 2 aliphatic rings. The second-order valence-corrected chi connectivity index (χ2v) is 8.26. The highest BCUT2D eigenvalue weighted by Gasteiger charge is 2.45. The lowest BCUT2D eigenvalue weighted by Gasteiger charge is -2.47. The second kappa shape index (κ2) is 7.54. The third-order valence-corrected chi connectivity index (χ3v) is 4.98. The first-order valence-corrected chi connectivity index (χ1v) is 9.20. The molecule has 0 N–H and O–H groups in total. The Kier molecular flexibility index (Phi) is 5.51. The van der Waals surface area contributed by atoms with E-state index in [0.29, 0.717) is 26.1 Å². The van der Waals surface area contributed by atoms with E-state index in [1.807, 2.05) is 0 Å².